The molecule has 90 valence electrons. The molecule has 0 bridgehead atoms. The number of fused-ring (bicyclic) bond motifs is 1. The zero-order valence-corrected chi connectivity index (χ0v) is 10.9. The quantitative estimate of drug-likeness (QED) is 0.578. The molecule has 0 unspecified atom stereocenters. The third-order valence-electron chi connectivity index (χ3n) is 3.32. The first-order chi connectivity index (χ1) is 8.63. The molecule has 0 saturated carbocycles. The summed E-state index contributed by atoms with van der Waals surface area (Å²) >= 11 is 0. The van der Waals surface area contributed by atoms with E-state index in [1.165, 1.54) is 27.6 Å². The molecule has 1 aromatic heterocycles. The van der Waals surface area contributed by atoms with E-state index in [9.17, 15) is 0 Å². The average molecular weight is 236 g/mol. The maximum atomic E-state index is 5.93. The molecule has 0 aliphatic rings. The molecule has 0 N–H and O–H groups in total. The lowest BCUT2D eigenvalue weighted by Crippen LogP contribution is -1.82. The van der Waals surface area contributed by atoms with Crippen molar-refractivity contribution < 1.29 is 4.42 Å². The van der Waals surface area contributed by atoms with E-state index in [2.05, 4.69) is 57.2 Å². The fourth-order valence-corrected chi connectivity index (χ4v) is 2.39. The van der Waals surface area contributed by atoms with Gasteiger partial charge in [0.25, 0.3) is 0 Å². The molecule has 0 aliphatic carbocycles. The van der Waals surface area contributed by atoms with Crippen LogP contribution < -0.4 is 0 Å². The zero-order valence-electron chi connectivity index (χ0n) is 10.9. The number of furan rings is 1. The molecule has 0 spiro atoms. The van der Waals surface area contributed by atoms with Gasteiger partial charge in [0.05, 0.1) is 0 Å². The number of hydrogen-bond acceptors (Lipinski definition) is 1. The molecular weight excluding hydrogens is 220 g/mol. The molecule has 1 nitrogen and oxygen atoms in total. The van der Waals surface area contributed by atoms with E-state index >= 15 is 0 Å². The summed E-state index contributed by atoms with van der Waals surface area (Å²) in [6.07, 6.45) is 0. The summed E-state index contributed by atoms with van der Waals surface area (Å²) in [5.41, 5.74) is 5.93. The van der Waals surface area contributed by atoms with Crippen LogP contribution in [0.4, 0.5) is 0 Å². The van der Waals surface area contributed by atoms with Gasteiger partial charge in [0, 0.05) is 10.9 Å². The topological polar surface area (TPSA) is 13.1 Å². The summed E-state index contributed by atoms with van der Waals surface area (Å²) in [7, 11) is 0. The standard InChI is InChI=1S/C17H16O/c1-11-4-6-15(13(3)8-11)17-10-14-9-12(2)5-7-16(14)18-17/h4-10H,1-3H3. The van der Waals surface area contributed by atoms with Gasteiger partial charge in [-0.3, -0.25) is 0 Å². The highest BCUT2D eigenvalue weighted by Gasteiger charge is 2.08. The van der Waals surface area contributed by atoms with E-state index in [0.29, 0.717) is 0 Å². The van der Waals surface area contributed by atoms with Gasteiger partial charge >= 0.3 is 0 Å². The Kier molecular flexibility index (Phi) is 2.48. The molecule has 0 saturated heterocycles. The highest BCUT2D eigenvalue weighted by atomic mass is 16.3. The van der Waals surface area contributed by atoms with Crippen molar-refractivity contribution in [3.05, 3.63) is 59.2 Å². The van der Waals surface area contributed by atoms with Gasteiger partial charge in [-0.05, 0) is 44.5 Å². The molecule has 18 heavy (non-hydrogen) atoms. The van der Waals surface area contributed by atoms with Gasteiger partial charge in [0.1, 0.15) is 11.3 Å². The number of benzene rings is 2. The van der Waals surface area contributed by atoms with Crippen LogP contribution in [-0.4, -0.2) is 0 Å². The Morgan fingerprint density at radius 1 is 0.778 bits per heavy atom. The molecule has 0 atom stereocenters. The highest BCUT2D eigenvalue weighted by Crippen LogP contribution is 2.30. The van der Waals surface area contributed by atoms with Crippen LogP contribution in [-0.2, 0) is 0 Å². The minimum atomic E-state index is 0.952. The average Bonchev–Trinajstić information content (AvgIpc) is 2.71. The van der Waals surface area contributed by atoms with Gasteiger partial charge in [-0.25, -0.2) is 0 Å². The van der Waals surface area contributed by atoms with Crippen molar-refractivity contribution in [3.8, 4) is 11.3 Å². The Hall–Kier alpha value is -2.02. The van der Waals surface area contributed by atoms with Crippen molar-refractivity contribution in [2.75, 3.05) is 0 Å². The maximum Gasteiger partial charge on any atom is 0.135 e. The summed E-state index contributed by atoms with van der Waals surface area (Å²) < 4.78 is 5.93. The van der Waals surface area contributed by atoms with Crippen LogP contribution in [0.3, 0.4) is 0 Å². The second-order valence-electron chi connectivity index (χ2n) is 4.97. The lowest BCUT2D eigenvalue weighted by molar-refractivity contribution is 0.631. The third kappa shape index (κ3) is 1.82. The molecule has 0 radical (unpaired) electrons. The molecule has 3 aromatic rings. The smallest absolute Gasteiger partial charge is 0.135 e. The largest absolute Gasteiger partial charge is 0.456 e. The van der Waals surface area contributed by atoms with E-state index in [1.54, 1.807) is 0 Å². The van der Waals surface area contributed by atoms with Gasteiger partial charge in [0.15, 0.2) is 0 Å². The van der Waals surface area contributed by atoms with Crippen molar-refractivity contribution in [3.63, 3.8) is 0 Å². The minimum absolute atomic E-state index is 0.952. The predicted octanol–water partition coefficient (Wildman–Crippen LogP) is 5.03. The van der Waals surface area contributed by atoms with E-state index in [-0.39, 0.29) is 0 Å². The van der Waals surface area contributed by atoms with Gasteiger partial charge in [0.2, 0.25) is 0 Å². The Labute approximate surface area is 107 Å². The van der Waals surface area contributed by atoms with Crippen molar-refractivity contribution in [2.24, 2.45) is 0 Å². The second kappa shape index (κ2) is 4.02. The summed E-state index contributed by atoms with van der Waals surface area (Å²) in [5, 5.41) is 1.17. The lowest BCUT2D eigenvalue weighted by atomic mass is 10.0. The summed E-state index contributed by atoms with van der Waals surface area (Å²) in [6.45, 7) is 6.34. The van der Waals surface area contributed by atoms with Crippen LogP contribution in [0, 0.1) is 20.8 Å². The van der Waals surface area contributed by atoms with E-state index < -0.39 is 0 Å². The minimum Gasteiger partial charge on any atom is -0.456 e. The van der Waals surface area contributed by atoms with Gasteiger partial charge in [-0.15, -0.1) is 0 Å². The number of rotatable bonds is 1. The first kappa shape index (κ1) is 11.1. The molecule has 0 fully saturated rings. The predicted molar refractivity (Wildman–Crippen MR) is 75.9 cm³/mol. The van der Waals surface area contributed by atoms with Gasteiger partial charge in [-0.1, -0.05) is 35.4 Å². The molecule has 1 heteroatoms. The van der Waals surface area contributed by atoms with Gasteiger partial charge in [-0.2, -0.15) is 0 Å². The molecule has 0 aliphatic heterocycles. The number of hydrogen-bond donors (Lipinski definition) is 0. The fraction of sp³-hybridized carbons (Fsp3) is 0.176. The van der Waals surface area contributed by atoms with Crippen LogP contribution >= 0.6 is 0 Å². The van der Waals surface area contributed by atoms with Crippen LogP contribution in [0.5, 0.6) is 0 Å². The SMILES string of the molecule is Cc1ccc(-c2cc3cc(C)ccc3o2)c(C)c1. The van der Waals surface area contributed by atoms with Crippen LogP contribution in [0.25, 0.3) is 22.3 Å². The summed E-state index contributed by atoms with van der Waals surface area (Å²) in [5.74, 6) is 0.952. The van der Waals surface area contributed by atoms with Crippen molar-refractivity contribution in [1.29, 1.82) is 0 Å². The van der Waals surface area contributed by atoms with Crippen LogP contribution in [0.1, 0.15) is 16.7 Å². The fourth-order valence-electron chi connectivity index (χ4n) is 2.39. The van der Waals surface area contributed by atoms with Crippen molar-refractivity contribution in [1.82, 2.24) is 0 Å². The molecule has 3 rings (SSSR count). The Balaban J connectivity index is 2.19. The van der Waals surface area contributed by atoms with E-state index in [1.807, 2.05) is 6.07 Å². The Bertz CT molecular complexity index is 720. The van der Waals surface area contributed by atoms with E-state index in [4.69, 9.17) is 4.42 Å². The highest BCUT2D eigenvalue weighted by molar-refractivity contribution is 5.84. The zero-order chi connectivity index (χ0) is 12.7. The molecule has 1 heterocycles. The summed E-state index contributed by atoms with van der Waals surface area (Å²) in [4.78, 5) is 0. The molecule has 0 amide bonds. The first-order valence-corrected chi connectivity index (χ1v) is 6.21. The number of aryl methyl sites for hydroxylation is 3. The van der Waals surface area contributed by atoms with Crippen LogP contribution in [0.15, 0.2) is 46.9 Å². The first-order valence-electron chi connectivity index (χ1n) is 6.21. The van der Waals surface area contributed by atoms with Crippen molar-refractivity contribution in [2.45, 2.75) is 20.8 Å². The Morgan fingerprint density at radius 3 is 2.28 bits per heavy atom. The second-order valence-corrected chi connectivity index (χ2v) is 4.97. The lowest BCUT2D eigenvalue weighted by Gasteiger charge is -2.03. The normalized spacial score (nSPS) is 11.1. The van der Waals surface area contributed by atoms with E-state index in [0.717, 1.165) is 11.3 Å². The van der Waals surface area contributed by atoms with Crippen LogP contribution in [0.2, 0.25) is 0 Å². The third-order valence-corrected chi connectivity index (χ3v) is 3.32. The van der Waals surface area contributed by atoms with Gasteiger partial charge < -0.3 is 4.42 Å². The maximum absolute atomic E-state index is 5.93. The molecular formula is C17H16O. The summed E-state index contributed by atoms with van der Waals surface area (Å²) in [6, 6.07) is 14.9. The van der Waals surface area contributed by atoms with Crippen molar-refractivity contribution >= 4 is 11.0 Å². The molecule has 2 aromatic carbocycles. The Morgan fingerprint density at radius 2 is 1.50 bits per heavy atom. The monoisotopic (exact) mass is 236 g/mol.